The Labute approximate surface area is 198 Å². The maximum atomic E-state index is 13.4. The van der Waals surface area contributed by atoms with E-state index in [0.29, 0.717) is 29.3 Å². The van der Waals surface area contributed by atoms with Gasteiger partial charge in [0, 0.05) is 24.5 Å². The van der Waals surface area contributed by atoms with E-state index in [1.54, 1.807) is 36.4 Å². The van der Waals surface area contributed by atoms with Gasteiger partial charge in [-0.25, -0.2) is 0 Å². The van der Waals surface area contributed by atoms with Crippen LogP contribution in [0.1, 0.15) is 31.1 Å². The maximum Gasteiger partial charge on any atom is 0.278 e. The molecule has 0 unspecified atom stereocenters. The highest BCUT2D eigenvalue weighted by Crippen LogP contribution is 2.33. The summed E-state index contributed by atoms with van der Waals surface area (Å²) in [5, 5.41) is 3.22. The first-order valence-corrected chi connectivity index (χ1v) is 11.6. The van der Waals surface area contributed by atoms with Gasteiger partial charge in [0.15, 0.2) is 0 Å². The molecule has 1 aromatic heterocycles. The lowest BCUT2D eigenvalue weighted by Crippen LogP contribution is -2.31. The quantitative estimate of drug-likeness (QED) is 0.496. The van der Waals surface area contributed by atoms with Gasteiger partial charge in [0.2, 0.25) is 0 Å². The number of carbonyl (C=O) groups is 2. The highest BCUT2D eigenvalue weighted by Gasteiger charge is 2.39. The van der Waals surface area contributed by atoms with Crippen molar-refractivity contribution in [3.8, 4) is 5.75 Å². The summed E-state index contributed by atoms with van der Waals surface area (Å²) in [5.41, 5.74) is 3.16. The number of nitrogens with zero attached hydrogens (tertiary/aromatic N) is 2. The van der Waals surface area contributed by atoms with Crippen LogP contribution in [0.25, 0.3) is 5.57 Å². The summed E-state index contributed by atoms with van der Waals surface area (Å²) in [7, 11) is 0. The van der Waals surface area contributed by atoms with Gasteiger partial charge >= 0.3 is 0 Å². The molecule has 2 aliphatic heterocycles. The van der Waals surface area contributed by atoms with Crippen LogP contribution in [0.4, 0.5) is 11.4 Å². The molecule has 1 saturated heterocycles. The maximum absolute atomic E-state index is 13.4. The molecule has 2 aromatic carbocycles. The van der Waals surface area contributed by atoms with Gasteiger partial charge in [-0.2, -0.15) is 0 Å². The third-order valence-electron chi connectivity index (χ3n) is 6.12. The summed E-state index contributed by atoms with van der Waals surface area (Å²) < 4.78 is 10.9. The first-order valence-electron chi connectivity index (χ1n) is 11.6. The number of benzene rings is 2. The number of hydrogen-bond donors (Lipinski definition) is 1. The Morgan fingerprint density at radius 1 is 0.941 bits per heavy atom. The van der Waals surface area contributed by atoms with Crippen LogP contribution in [0, 0.1) is 0 Å². The van der Waals surface area contributed by atoms with E-state index in [1.165, 1.54) is 24.0 Å². The minimum atomic E-state index is -0.381. The predicted molar refractivity (Wildman–Crippen MR) is 130 cm³/mol. The molecule has 0 aliphatic carbocycles. The van der Waals surface area contributed by atoms with E-state index in [-0.39, 0.29) is 24.1 Å². The van der Waals surface area contributed by atoms with Crippen LogP contribution in [-0.4, -0.2) is 36.4 Å². The topological polar surface area (TPSA) is 75.0 Å². The summed E-state index contributed by atoms with van der Waals surface area (Å²) in [6, 6.07) is 18.7. The lowest BCUT2D eigenvalue weighted by molar-refractivity contribution is -0.137. The average Bonchev–Trinajstić information content (AvgIpc) is 3.61. The lowest BCUT2D eigenvalue weighted by atomic mass is 10.0. The summed E-state index contributed by atoms with van der Waals surface area (Å²) in [5.74, 6) is 0.516. The van der Waals surface area contributed by atoms with Crippen molar-refractivity contribution in [2.45, 2.75) is 26.3 Å². The van der Waals surface area contributed by atoms with Gasteiger partial charge in [-0.15, -0.1) is 0 Å². The molecular formula is C27H27N3O4. The second kappa shape index (κ2) is 9.47. The predicted octanol–water partition coefficient (Wildman–Crippen LogP) is 4.67. The summed E-state index contributed by atoms with van der Waals surface area (Å²) in [4.78, 5) is 30.4. The average molecular weight is 458 g/mol. The smallest absolute Gasteiger partial charge is 0.278 e. The Morgan fingerprint density at radius 2 is 1.68 bits per heavy atom. The zero-order chi connectivity index (χ0) is 23.5. The van der Waals surface area contributed by atoms with Crippen LogP contribution in [0.2, 0.25) is 0 Å². The van der Waals surface area contributed by atoms with E-state index < -0.39 is 0 Å². The van der Waals surface area contributed by atoms with Crippen LogP contribution in [-0.2, 0) is 16.1 Å². The van der Waals surface area contributed by atoms with Crippen molar-refractivity contribution in [2.24, 2.45) is 0 Å². The fourth-order valence-corrected chi connectivity index (χ4v) is 4.42. The van der Waals surface area contributed by atoms with E-state index in [2.05, 4.69) is 10.2 Å². The number of hydrogen-bond acceptors (Lipinski definition) is 6. The SMILES string of the molecule is CCOc1ccc(C2=C(Nc3ccc(N4CCCC4)cc3)C(=O)N(Cc3ccco3)C2=O)cc1. The van der Waals surface area contributed by atoms with Gasteiger partial charge in [-0.05, 0) is 73.9 Å². The monoisotopic (exact) mass is 457 g/mol. The minimum absolute atomic E-state index is 0.0737. The van der Waals surface area contributed by atoms with Crippen molar-refractivity contribution in [3.63, 3.8) is 0 Å². The number of imide groups is 1. The van der Waals surface area contributed by atoms with Crippen molar-refractivity contribution in [1.82, 2.24) is 4.90 Å². The van der Waals surface area contributed by atoms with Crippen LogP contribution >= 0.6 is 0 Å². The molecule has 7 heteroatoms. The molecule has 34 heavy (non-hydrogen) atoms. The second-order valence-electron chi connectivity index (χ2n) is 8.35. The van der Waals surface area contributed by atoms with Crippen molar-refractivity contribution in [3.05, 3.63) is 83.9 Å². The number of amides is 2. The molecule has 0 spiro atoms. The molecule has 5 rings (SSSR count). The Morgan fingerprint density at radius 3 is 2.32 bits per heavy atom. The first-order chi connectivity index (χ1) is 16.6. The van der Waals surface area contributed by atoms with Crippen molar-refractivity contribution in [2.75, 3.05) is 29.9 Å². The third kappa shape index (κ3) is 4.29. The van der Waals surface area contributed by atoms with E-state index in [1.807, 2.05) is 31.2 Å². The summed E-state index contributed by atoms with van der Waals surface area (Å²) in [6.07, 6.45) is 3.95. The highest BCUT2D eigenvalue weighted by atomic mass is 16.5. The third-order valence-corrected chi connectivity index (χ3v) is 6.12. The molecule has 0 atom stereocenters. The summed E-state index contributed by atoms with van der Waals surface area (Å²) in [6.45, 7) is 4.67. The molecule has 0 bridgehead atoms. The fourth-order valence-electron chi connectivity index (χ4n) is 4.42. The number of carbonyl (C=O) groups excluding carboxylic acids is 2. The zero-order valence-corrected chi connectivity index (χ0v) is 19.1. The van der Waals surface area contributed by atoms with Crippen LogP contribution in [0.5, 0.6) is 5.75 Å². The van der Waals surface area contributed by atoms with Crippen LogP contribution < -0.4 is 15.0 Å². The molecule has 2 amide bonds. The van der Waals surface area contributed by atoms with E-state index in [0.717, 1.165) is 24.5 Å². The van der Waals surface area contributed by atoms with Gasteiger partial charge in [-0.3, -0.25) is 14.5 Å². The standard InChI is InChI=1S/C27H27N3O4/c1-2-33-22-13-7-19(8-14-22)24-25(27(32)30(26(24)31)18-23-6-5-17-34-23)28-20-9-11-21(12-10-20)29-15-3-4-16-29/h5-14,17,28H,2-4,15-16,18H2,1H3. The normalized spacial score (nSPS) is 16.0. The fraction of sp³-hybridized carbons (Fsp3) is 0.259. The Kier molecular flexibility index (Phi) is 6.08. The van der Waals surface area contributed by atoms with Crippen LogP contribution in [0.15, 0.2) is 77.0 Å². The molecule has 174 valence electrons. The van der Waals surface area contributed by atoms with Gasteiger partial charge in [-0.1, -0.05) is 12.1 Å². The highest BCUT2D eigenvalue weighted by molar-refractivity contribution is 6.36. The molecule has 3 heterocycles. The number of furan rings is 1. The van der Waals surface area contributed by atoms with Crippen LogP contribution in [0.3, 0.4) is 0 Å². The number of nitrogens with one attached hydrogen (secondary N) is 1. The Balaban J connectivity index is 1.46. The van der Waals surface area contributed by atoms with Crippen molar-refractivity contribution >= 4 is 28.8 Å². The molecule has 1 fully saturated rings. The molecule has 0 radical (unpaired) electrons. The Bertz CT molecular complexity index is 1190. The number of ether oxygens (including phenoxy) is 1. The van der Waals surface area contributed by atoms with Crippen molar-refractivity contribution in [1.29, 1.82) is 0 Å². The molecule has 1 N–H and O–H groups in total. The first kappa shape index (κ1) is 21.8. The van der Waals surface area contributed by atoms with Gasteiger partial charge in [0.1, 0.15) is 17.2 Å². The molecule has 7 nitrogen and oxygen atoms in total. The van der Waals surface area contributed by atoms with Crippen molar-refractivity contribution < 1.29 is 18.7 Å². The van der Waals surface area contributed by atoms with Gasteiger partial charge in [0.05, 0.1) is 25.0 Å². The Hall–Kier alpha value is -4.00. The van der Waals surface area contributed by atoms with Gasteiger partial charge < -0.3 is 19.4 Å². The van der Waals surface area contributed by atoms with E-state index in [9.17, 15) is 9.59 Å². The largest absolute Gasteiger partial charge is 0.494 e. The summed E-state index contributed by atoms with van der Waals surface area (Å²) >= 11 is 0. The second-order valence-corrected chi connectivity index (χ2v) is 8.35. The molecular weight excluding hydrogens is 430 g/mol. The minimum Gasteiger partial charge on any atom is -0.494 e. The van der Waals surface area contributed by atoms with Gasteiger partial charge in [0.25, 0.3) is 11.8 Å². The number of anilines is 2. The molecule has 3 aromatic rings. The molecule has 2 aliphatic rings. The van der Waals surface area contributed by atoms with E-state index in [4.69, 9.17) is 9.15 Å². The number of rotatable bonds is 8. The zero-order valence-electron chi connectivity index (χ0n) is 19.1. The molecule has 0 saturated carbocycles. The lowest BCUT2D eigenvalue weighted by Gasteiger charge is -2.18. The van der Waals surface area contributed by atoms with E-state index >= 15 is 0 Å².